The first-order chi connectivity index (χ1) is 14.8. The minimum atomic E-state index is -0.660. The summed E-state index contributed by atoms with van der Waals surface area (Å²) in [4.78, 5) is 10.9. The second-order valence-corrected chi connectivity index (χ2v) is 11.4. The van der Waals surface area contributed by atoms with E-state index in [0.717, 1.165) is 25.2 Å². The molecule has 0 aromatic rings. The van der Waals surface area contributed by atoms with E-state index in [4.69, 9.17) is 5.11 Å². The Kier molecular flexibility index (Phi) is 9.92. The van der Waals surface area contributed by atoms with Gasteiger partial charge in [0.1, 0.15) is 0 Å². The maximum atomic E-state index is 11.2. The van der Waals surface area contributed by atoms with Crippen molar-refractivity contribution in [2.24, 2.45) is 40.4 Å². The summed E-state index contributed by atoms with van der Waals surface area (Å²) in [6, 6.07) is 0. The Hall–Kier alpha value is -0.570. The first-order valence-electron chi connectivity index (χ1n) is 13.7. The topological polar surface area (TPSA) is 57.5 Å². The van der Waals surface area contributed by atoms with Gasteiger partial charge in [0.2, 0.25) is 0 Å². The minimum Gasteiger partial charge on any atom is -0.481 e. The van der Waals surface area contributed by atoms with Crippen molar-refractivity contribution >= 4 is 5.97 Å². The fourth-order valence-corrected chi connectivity index (χ4v) is 8.34. The van der Waals surface area contributed by atoms with Crippen LogP contribution in [0.2, 0.25) is 0 Å². The molecule has 4 fully saturated rings. The molecule has 2 N–H and O–H groups in total. The highest BCUT2D eigenvalue weighted by molar-refractivity contribution is 5.66. The lowest BCUT2D eigenvalue weighted by molar-refractivity contribution is -0.162. The van der Waals surface area contributed by atoms with Crippen LogP contribution in [0.5, 0.6) is 0 Å². The van der Waals surface area contributed by atoms with Crippen LogP contribution >= 0.6 is 0 Å². The number of fused-ring (bicyclic) bond motifs is 5. The molecule has 8 atom stereocenters. The third kappa shape index (κ3) is 5.33. The third-order valence-electron chi connectivity index (χ3n) is 9.74. The zero-order chi connectivity index (χ0) is 23.2. The quantitative estimate of drug-likeness (QED) is 0.474. The molecule has 0 spiro atoms. The molecule has 4 saturated carbocycles. The summed E-state index contributed by atoms with van der Waals surface area (Å²) in [6.07, 6.45) is 14.9. The number of aliphatic hydroxyl groups is 1. The highest BCUT2D eigenvalue weighted by Crippen LogP contribution is 2.67. The zero-order valence-corrected chi connectivity index (χ0v) is 21.5. The van der Waals surface area contributed by atoms with Crippen LogP contribution in [0.15, 0.2) is 0 Å². The van der Waals surface area contributed by atoms with Crippen molar-refractivity contribution < 1.29 is 15.0 Å². The number of carbonyl (C=O) groups is 1. The first kappa shape index (κ1) is 26.7. The summed E-state index contributed by atoms with van der Waals surface area (Å²) in [5, 5.41) is 20.2. The van der Waals surface area contributed by atoms with Crippen molar-refractivity contribution in [3.8, 4) is 0 Å². The van der Waals surface area contributed by atoms with Crippen LogP contribution in [0, 0.1) is 40.4 Å². The van der Waals surface area contributed by atoms with Crippen molar-refractivity contribution in [2.45, 2.75) is 131 Å². The van der Waals surface area contributed by atoms with Gasteiger partial charge in [0.15, 0.2) is 0 Å². The molecular weight excluding hydrogens is 384 g/mol. The fraction of sp³-hybridized carbons (Fsp3) is 0.964. The van der Waals surface area contributed by atoms with Gasteiger partial charge in [-0.15, -0.1) is 0 Å². The average Bonchev–Trinajstić information content (AvgIpc) is 3.07. The second-order valence-electron chi connectivity index (χ2n) is 11.4. The maximum Gasteiger partial charge on any atom is 0.303 e. The van der Waals surface area contributed by atoms with Gasteiger partial charge in [0.25, 0.3) is 0 Å². The van der Waals surface area contributed by atoms with Gasteiger partial charge in [0.05, 0.1) is 6.10 Å². The molecule has 4 aliphatic rings. The monoisotopic (exact) mass is 436 g/mol. The van der Waals surface area contributed by atoms with Crippen LogP contribution < -0.4 is 0 Å². The normalized spacial score (nSPS) is 43.2. The maximum absolute atomic E-state index is 11.2. The number of carboxylic acids is 1. The molecule has 31 heavy (non-hydrogen) atoms. The van der Waals surface area contributed by atoms with E-state index in [1.165, 1.54) is 57.8 Å². The molecule has 3 nitrogen and oxygen atoms in total. The summed E-state index contributed by atoms with van der Waals surface area (Å²) in [7, 11) is 0. The summed E-state index contributed by atoms with van der Waals surface area (Å²) in [5.41, 5.74) is 0.795. The predicted octanol–water partition coefficient (Wildman–Crippen LogP) is 7.70. The van der Waals surface area contributed by atoms with E-state index in [1.807, 2.05) is 13.8 Å². The minimum absolute atomic E-state index is 0.0985. The third-order valence-corrected chi connectivity index (χ3v) is 9.74. The van der Waals surface area contributed by atoms with Crippen LogP contribution in [-0.2, 0) is 4.79 Å². The second kappa shape index (κ2) is 11.5. The molecule has 182 valence electrons. The van der Waals surface area contributed by atoms with E-state index >= 15 is 0 Å². The summed E-state index contributed by atoms with van der Waals surface area (Å²) in [6.45, 7) is 13.3. The highest BCUT2D eigenvalue weighted by Gasteiger charge is 2.61. The van der Waals surface area contributed by atoms with Gasteiger partial charge in [-0.3, -0.25) is 4.79 Å². The van der Waals surface area contributed by atoms with E-state index in [9.17, 15) is 9.90 Å². The number of carboxylic acid groups (broad SMARTS) is 1. The van der Waals surface area contributed by atoms with Gasteiger partial charge in [-0.05, 0) is 98.2 Å². The molecule has 3 heteroatoms. The number of hydrogen-bond acceptors (Lipinski definition) is 2. The van der Waals surface area contributed by atoms with Crippen LogP contribution in [-0.4, -0.2) is 22.3 Å². The van der Waals surface area contributed by atoms with Crippen molar-refractivity contribution in [1.82, 2.24) is 0 Å². The summed E-state index contributed by atoms with van der Waals surface area (Å²) < 4.78 is 0. The Morgan fingerprint density at radius 2 is 1.58 bits per heavy atom. The van der Waals surface area contributed by atoms with Gasteiger partial charge < -0.3 is 10.2 Å². The molecule has 0 radical (unpaired) electrons. The zero-order valence-electron chi connectivity index (χ0n) is 21.5. The molecule has 4 aliphatic carbocycles. The Balaban J connectivity index is 0.000000630. The molecule has 0 aromatic carbocycles. The average molecular weight is 437 g/mol. The SMILES string of the molecule is CC.CC12CCC3C(C(O)CC4CCCCC43C)C1CCC2CCCC(=O)O.CCC. The van der Waals surface area contributed by atoms with Gasteiger partial charge in [-0.1, -0.05) is 60.8 Å². The van der Waals surface area contributed by atoms with Crippen LogP contribution in [0.3, 0.4) is 0 Å². The first-order valence-corrected chi connectivity index (χ1v) is 13.7. The summed E-state index contributed by atoms with van der Waals surface area (Å²) >= 11 is 0. The van der Waals surface area contributed by atoms with Gasteiger partial charge in [-0.2, -0.15) is 0 Å². The van der Waals surface area contributed by atoms with E-state index in [1.54, 1.807) is 0 Å². The molecule has 0 bridgehead atoms. The van der Waals surface area contributed by atoms with E-state index in [2.05, 4.69) is 27.7 Å². The Labute approximate surface area is 192 Å². The van der Waals surface area contributed by atoms with Crippen molar-refractivity contribution in [1.29, 1.82) is 0 Å². The van der Waals surface area contributed by atoms with Crippen LogP contribution in [0.4, 0.5) is 0 Å². The van der Waals surface area contributed by atoms with Crippen molar-refractivity contribution in [2.75, 3.05) is 0 Å². The number of aliphatic hydroxyl groups excluding tert-OH is 1. The largest absolute Gasteiger partial charge is 0.481 e. The van der Waals surface area contributed by atoms with Crippen molar-refractivity contribution in [3.63, 3.8) is 0 Å². The lowest BCUT2D eigenvalue weighted by Crippen LogP contribution is -2.57. The smallest absolute Gasteiger partial charge is 0.303 e. The van der Waals surface area contributed by atoms with Crippen molar-refractivity contribution in [3.05, 3.63) is 0 Å². The van der Waals surface area contributed by atoms with Crippen LogP contribution in [0.1, 0.15) is 125 Å². The van der Waals surface area contributed by atoms with Crippen LogP contribution in [0.25, 0.3) is 0 Å². The molecule has 0 aliphatic heterocycles. The lowest BCUT2D eigenvalue weighted by atomic mass is 9.44. The molecule has 0 amide bonds. The van der Waals surface area contributed by atoms with E-state index in [0.29, 0.717) is 40.9 Å². The fourth-order valence-electron chi connectivity index (χ4n) is 8.34. The molecular formula is C28H52O3. The standard InChI is InChI=1S/C23H38O3.C3H8.C2H6/c1-22-12-4-3-6-16(22)14-19(24)21-17-10-9-15(7-5-8-20(25)26)23(17,2)13-11-18(21)22;1-3-2;1-2/h15-19,21,24H,3-14H2,1-2H3,(H,25,26);3H2,1-2H3;1-2H3. The van der Waals surface area contributed by atoms with E-state index in [-0.39, 0.29) is 6.10 Å². The Morgan fingerprint density at radius 3 is 2.23 bits per heavy atom. The Bertz CT molecular complexity index is 560. The molecule has 0 heterocycles. The highest BCUT2D eigenvalue weighted by atomic mass is 16.4. The molecule has 0 saturated heterocycles. The van der Waals surface area contributed by atoms with Gasteiger partial charge >= 0.3 is 5.97 Å². The Morgan fingerprint density at radius 1 is 0.935 bits per heavy atom. The number of aliphatic carboxylic acids is 1. The van der Waals surface area contributed by atoms with Gasteiger partial charge in [-0.25, -0.2) is 0 Å². The number of rotatable bonds is 4. The molecule has 4 rings (SSSR count). The van der Waals surface area contributed by atoms with E-state index < -0.39 is 5.97 Å². The molecule has 8 unspecified atom stereocenters. The lowest BCUT2D eigenvalue weighted by Gasteiger charge is -2.62. The summed E-state index contributed by atoms with van der Waals surface area (Å²) in [5.74, 6) is 2.62. The molecule has 0 aromatic heterocycles. The van der Waals surface area contributed by atoms with Gasteiger partial charge in [0, 0.05) is 6.42 Å². The number of hydrogen-bond donors (Lipinski definition) is 2. The predicted molar refractivity (Wildman–Crippen MR) is 130 cm³/mol.